The van der Waals surface area contributed by atoms with E-state index in [4.69, 9.17) is 0 Å². The molecule has 2 rings (SSSR count). The summed E-state index contributed by atoms with van der Waals surface area (Å²) in [5, 5.41) is 6.34. The molecule has 2 N–H and O–H groups in total. The van der Waals surface area contributed by atoms with E-state index in [1.54, 1.807) is 0 Å². The van der Waals surface area contributed by atoms with E-state index in [2.05, 4.69) is 17.6 Å². The molecule has 2 aliphatic heterocycles. The average molecular weight is 158 g/mol. The second-order valence-corrected chi connectivity index (χ2v) is 4.20. The molecule has 0 radical (unpaired) electrons. The van der Waals surface area contributed by atoms with Crippen molar-refractivity contribution in [3.63, 3.8) is 0 Å². The first kappa shape index (κ1) is 6.34. The number of carbonyl (C=O) groups is 1. The summed E-state index contributed by atoms with van der Waals surface area (Å²) >= 11 is 1.91. The summed E-state index contributed by atoms with van der Waals surface area (Å²) in [6.45, 7) is 2.16. The Hall–Kier alpha value is -0.380. The Kier molecular flexibility index (Phi) is 1.30. The Balaban J connectivity index is 2.12. The van der Waals surface area contributed by atoms with Crippen LogP contribution in [-0.4, -0.2) is 29.1 Å². The van der Waals surface area contributed by atoms with Gasteiger partial charge in [-0.25, -0.2) is 4.79 Å². The normalized spacial score (nSPS) is 44.5. The third-order valence-corrected chi connectivity index (χ3v) is 3.46. The molecule has 0 saturated carbocycles. The van der Waals surface area contributed by atoms with Crippen molar-refractivity contribution in [1.29, 1.82) is 0 Å². The number of nitrogens with one attached hydrogen (secondary N) is 2. The van der Waals surface area contributed by atoms with E-state index in [0.29, 0.717) is 17.3 Å². The summed E-state index contributed by atoms with van der Waals surface area (Å²) in [7, 11) is 0. The number of rotatable bonds is 0. The largest absolute Gasteiger partial charge is 0.332 e. The molecule has 56 valence electrons. The van der Waals surface area contributed by atoms with Gasteiger partial charge in [0, 0.05) is 11.0 Å². The molecule has 2 saturated heterocycles. The molecule has 2 heterocycles. The molecule has 0 spiro atoms. The van der Waals surface area contributed by atoms with Crippen molar-refractivity contribution in [1.82, 2.24) is 10.6 Å². The number of thioether (sulfide) groups is 1. The SMILES string of the molecule is CC1SCC2NC(=O)N[C@@H]21. The van der Waals surface area contributed by atoms with Crippen LogP contribution in [0.3, 0.4) is 0 Å². The molecule has 0 aliphatic carbocycles. The maximum absolute atomic E-state index is 10.8. The van der Waals surface area contributed by atoms with E-state index in [0.717, 1.165) is 5.75 Å². The molecule has 2 fully saturated rings. The lowest BCUT2D eigenvalue weighted by Gasteiger charge is -2.09. The van der Waals surface area contributed by atoms with E-state index in [1.807, 2.05) is 11.8 Å². The number of hydrogen-bond acceptors (Lipinski definition) is 2. The maximum Gasteiger partial charge on any atom is 0.315 e. The van der Waals surface area contributed by atoms with Crippen LogP contribution in [0.4, 0.5) is 4.79 Å². The molecule has 2 unspecified atom stereocenters. The van der Waals surface area contributed by atoms with Crippen molar-refractivity contribution in [3.8, 4) is 0 Å². The van der Waals surface area contributed by atoms with Crippen LogP contribution in [0.15, 0.2) is 0 Å². The Labute approximate surface area is 63.9 Å². The molecule has 3 atom stereocenters. The summed E-state index contributed by atoms with van der Waals surface area (Å²) in [5.74, 6) is 1.06. The van der Waals surface area contributed by atoms with E-state index in [9.17, 15) is 4.79 Å². The van der Waals surface area contributed by atoms with Crippen LogP contribution in [0.25, 0.3) is 0 Å². The van der Waals surface area contributed by atoms with Gasteiger partial charge in [0.2, 0.25) is 0 Å². The molecular weight excluding hydrogens is 148 g/mol. The fraction of sp³-hybridized carbons (Fsp3) is 0.833. The predicted molar refractivity (Wildman–Crippen MR) is 41.2 cm³/mol. The molecule has 2 amide bonds. The zero-order chi connectivity index (χ0) is 7.14. The quantitative estimate of drug-likeness (QED) is 0.493. The van der Waals surface area contributed by atoms with Gasteiger partial charge >= 0.3 is 6.03 Å². The highest BCUT2D eigenvalue weighted by molar-refractivity contribution is 8.00. The number of carbonyl (C=O) groups excluding carboxylic acids is 1. The van der Waals surface area contributed by atoms with Gasteiger partial charge in [-0.2, -0.15) is 11.8 Å². The standard InChI is InChI=1S/C6H10N2OS/c1-3-5-4(2-10-3)7-6(9)8-5/h3-5H,2H2,1H3,(H2,7,8,9)/t3?,4?,5-/m1/s1. The van der Waals surface area contributed by atoms with Crippen molar-refractivity contribution >= 4 is 17.8 Å². The van der Waals surface area contributed by atoms with Gasteiger partial charge in [0.25, 0.3) is 0 Å². The van der Waals surface area contributed by atoms with Crippen LogP contribution in [0, 0.1) is 0 Å². The topological polar surface area (TPSA) is 41.1 Å². The Morgan fingerprint density at radius 2 is 2.40 bits per heavy atom. The first-order valence-corrected chi connectivity index (χ1v) is 4.51. The summed E-state index contributed by atoms with van der Waals surface area (Å²) < 4.78 is 0. The molecule has 2 aliphatic rings. The number of fused-ring (bicyclic) bond motifs is 1. The van der Waals surface area contributed by atoms with Crippen LogP contribution in [-0.2, 0) is 0 Å². The van der Waals surface area contributed by atoms with E-state index in [-0.39, 0.29) is 6.03 Å². The molecule has 0 aromatic rings. The van der Waals surface area contributed by atoms with Crippen LogP contribution in [0.5, 0.6) is 0 Å². The highest BCUT2D eigenvalue weighted by Gasteiger charge is 2.40. The van der Waals surface area contributed by atoms with Crippen LogP contribution >= 0.6 is 11.8 Å². The molecule has 0 bridgehead atoms. The van der Waals surface area contributed by atoms with Crippen molar-refractivity contribution in [2.24, 2.45) is 0 Å². The summed E-state index contributed by atoms with van der Waals surface area (Å²) in [5.41, 5.74) is 0. The minimum atomic E-state index is 0.00199. The zero-order valence-corrected chi connectivity index (χ0v) is 6.57. The highest BCUT2D eigenvalue weighted by Crippen LogP contribution is 2.28. The smallest absolute Gasteiger partial charge is 0.315 e. The minimum Gasteiger partial charge on any atom is -0.332 e. The minimum absolute atomic E-state index is 0.00199. The van der Waals surface area contributed by atoms with Crippen LogP contribution < -0.4 is 10.6 Å². The molecule has 0 aromatic heterocycles. The van der Waals surface area contributed by atoms with E-state index < -0.39 is 0 Å². The molecule has 4 heteroatoms. The van der Waals surface area contributed by atoms with Gasteiger partial charge < -0.3 is 10.6 Å². The molecule has 10 heavy (non-hydrogen) atoms. The van der Waals surface area contributed by atoms with Crippen molar-refractivity contribution < 1.29 is 4.79 Å². The molecular formula is C6H10N2OS. The average Bonchev–Trinajstić information content (AvgIpc) is 2.35. The summed E-state index contributed by atoms with van der Waals surface area (Å²) in [4.78, 5) is 10.8. The third kappa shape index (κ3) is 0.785. The maximum atomic E-state index is 10.8. The zero-order valence-electron chi connectivity index (χ0n) is 5.76. The van der Waals surface area contributed by atoms with Crippen molar-refractivity contribution in [2.75, 3.05) is 5.75 Å². The van der Waals surface area contributed by atoms with Gasteiger partial charge in [0.05, 0.1) is 12.1 Å². The van der Waals surface area contributed by atoms with Gasteiger partial charge in [-0.15, -0.1) is 0 Å². The van der Waals surface area contributed by atoms with Gasteiger partial charge in [-0.05, 0) is 0 Å². The Morgan fingerprint density at radius 1 is 1.60 bits per heavy atom. The van der Waals surface area contributed by atoms with Gasteiger partial charge in [0.1, 0.15) is 0 Å². The number of amides is 2. The van der Waals surface area contributed by atoms with Gasteiger partial charge in [-0.3, -0.25) is 0 Å². The number of hydrogen-bond donors (Lipinski definition) is 2. The first-order valence-electron chi connectivity index (χ1n) is 3.46. The van der Waals surface area contributed by atoms with Gasteiger partial charge in [0.15, 0.2) is 0 Å². The highest BCUT2D eigenvalue weighted by atomic mass is 32.2. The summed E-state index contributed by atoms with van der Waals surface area (Å²) in [6, 6.07) is 0.757. The molecule has 3 nitrogen and oxygen atoms in total. The number of urea groups is 1. The van der Waals surface area contributed by atoms with Crippen LogP contribution in [0.1, 0.15) is 6.92 Å². The lowest BCUT2D eigenvalue weighted by atomic mass is 10.1. The van der Waals surface area contributed by atoms with E-state index >= 15 is 0 Å². The fourth-order valence-electron chi connectivity index (χ4n) is 1.50. The lowest BCUT2D eigenvalue weighted by molar-refractivity contribution is 0.247. The summed E-state index contributed by atoms with van der Waals surface area (Å²) in [6.07, 6.45) is 0. The lowest BCUT2D eigenvalue weighted by Crippen LogP contribution is -2.35. The fourth-order valence-corrected chi connectivity index (χ4v) is 2.77. The van der Waals surface area contributed by atoms with Crippen molar-refractivity contribution in [3.05, 3.63) is 0 Å². The second-order valence-electron chi connectivity index (χ2n) is 2.79. The Bertz CT molecular complexity index is 173. The van der Waals surface area contributed by atoms with E-state index in [1.165, 1.54) is 0 Å². The second kappa shape index (κ2) is 2.05. The van der Waals surface area contributed by atoms with Gasteiger partial charge in [-0.1, -0.05) is 6.92 Å². The first-order chi connectivity index (χ1) is 4.77. The predicted octanol–water partition coefficient (Wildman–Crippen LogP) is 0.172. The Morgan fingerprint density at radius 3 is 3.10 bits per heavy atom. The monoisotopic (exact) mass is 158 g/mol. The van der Waals surface area contributed by atoms with Crippen LogP contribution in [0.2, 0.25) is 0 Å². The van der Waals surface area contributed by atoms with Crippen molar-refractivity contribution in [2.45, 2.75) is 24.3 Å². The molecule has 0 aromatic carbocycles. The third-order valence-electron chi connectivity index (χ3n) is 2.09.